The zero-order valence-corrected chi connectivity index (χ0v) is 17.8. The highest BCUT2D eigenvalue weighted by Crippen LogP contribution is 2.39. The Labute approximate surface area is 176 Å². The number of aliphatic hydroxyl groups excluding tert-OH is 1. The van der Waals surface area contributed by atoms with Gasteiger partial charge in [0.2, 0.25) is 5.75 Å². The van der Waals surface area contributed by atoms with E-state index in [2.05, 4.69) is 10.1 Å². The number of methoxy groups -OCH3 is 2. The maximum Gasteiger partial charge on any atom is 0.387 e. The lowest BCUT2D eigenvalue weighted by atomic mass is 9.95. The molecule has 0 bridgehead atoms. The molecule has 6 nitrogen and oxygen atoms in total. The summed E-state index contributed by atoms with van der Waals surface area (Å²) in [6, 6.07) is 12.8. The summed E-state index contributed by atoms with van der Waals surface area (Å²) in [4.78, 5) is 2.03. The standard InChI is InChI=1S/C22H30F2N2O4/c1-26(2)14-17(20(27)16-8-6-5-7-9-16)13-25-12-15-10-18(28-3)21(30-22(23)24)19(11-15)29-4/h5-11,17,20,22,25,27H,12-14H2,1-4H3/t17-,20-/m1/s1. The van der Waals surface area contributed by atoms with Crippen LogP contribution < -0.4 is 19.5 Å². The van der Waals surface area contributed by atoms with Gasteiger partial charge < -0.3 is 29.5 Å². The fourth-order valence-electron chi connectivity index (χ4n) is 3.31. The number of hydrogen-bond donors (Lipinski definition) is 2. The average Bonchev–Trinajstić information content (AvgIpc) is 2.73. The molecule has 0 radical (unpaired) electrons. The van der Waals surface area contributed by atoms with Crippen LogP contribution in [0, 0.1) is 5.92 Å². The van der Waals surface area contributed by atoms with Crippen molar-refractivity contribution in [2.45, 2.75) is 19.3 Å². The number of rotatable bonds is 12. The molecule has 0 amide bonds. The molecule has 166 valence electrons. The molecule has 0 unspecified atom stereocenters. The molecule has 30 heavy (non-hydrogen) atoms. The molecular formula is C22H30F2N2O4. The summed E-state index contributed by atoms with van der Waals surface area (Å²) < 4.78 is 40.3. The third-order valence-electron chi connectivity index (χ3n) is 4.65. The van der Waals surface area contributed by atoms with E-state index in [9.17, 15) is 13.9 Å². The summed E-state index contributed by atoms with van der Waals surface area (Å²) >= 11 is 0. The third kappa shape index (κ3) is 6.83. The highest BCUT2D eigenvalue weighted by Gasteiger charge is 2.22. The van der Waals surface area contributed by atoms with Crippen LogP contribution in [0.15, 0.2) is 42.5 Å². The normalized spacial score (nSPS) is 13.4. The predicted molar refractivity (Wildman–Crippen MR) is 111 cm³/mol. The van der Waals surface area contributed by atoms with Gasteiger partial charge in [0.15, 0.2) is 11.5 Å². The maximum absolute atomic E-state index is 12.7. The Bertz CT molecular complexity index is 750. The number of alkyl halides is 2. The minimum atomic E-state index is -2.98. The second-order valence-corrected chi connectivity index (χ2v) is 7.22. The van der Waals surface area contributed by atoms with E-state index in [1.54, 1.807) is 12.1 Å². The van der Waals surface area contributed by atoms with Crippen LogP contribution in [0.1, 0.15) is 17.2 Å². The first-order valence-electron chi connectivity index (χ1n) is 9.63. The number of hydrogen-bond acceptors (Lipinski definition) is 6. The van der Waals surface area contributed by atoms with E-state index in [4.69, 9.17) is 9.47 Å². The first kappa shape index (κ1) is 23.9. The van der Waals surface area contributed by atoms with Gasteiger partial charge in [0.05, 0.1) is 20.3 Å². The third-order valence-corrected chi connectivity index (χ3v) is 4.65. The van der Waals surface area contributed by atoms with Crippen LogP contribution in [0.5, 0.6) is 17.2 Å². The van der Waals surface area contributed by atoms with E-state index in [1.807, 2.05) is 49.3 Å². The van der Waals surface area contributed by atoms with E-state index >= 15 is 0 Å². The Morgan fingerprint density at radius 3 is 2.13 bits per heavy atom. The Hall–Kier alpha value is -2.42. The van der Waals surface area contributed by atoms with Crippen molar-refractivity contribution in [1.82, 2.24) is 10.2 Å². The lowest BCUT2D eigenvalue weighted by molar-refractivity contribution is -0.0526. The van der Waals surface area contributed by atoms with Crippen molar-refractivity contribution in [3.05, 3.63) is 53.6 Å². The lowest BCUT2D eigenvalue weighted by Gasteiger charge is -2.27. The van der Waals surface area contributed by atoms with E-state index in [0.717, 1.165) is 11.1 Å². The van der Waals surface area contributed by atoms with Gasteiger partial charge in [-0.15, -0.1) is 0 Å². The van der Waals surface area contributed by atoms with Gasteiger partial charge in [-0.2, -0.15) is 8.78 Å². The molecule has 2 rings (SSSR count). The summed E-state index contributed by atoms with van der Waals surface area (Å²) in [7, 11) is 6.69. The van der Waals surface area contributed by atoms with E-state index in [-0.39, 0.29) is 23.2 Å². The monoisotopic (exact) mass is 424 g/mol. The number of ether oxygens (including phenoxy) is 3. The quantitative estimate of drug-likeness (QED) is 0.545. The summed E-state index contributed by atoms with van der Waals surface area (Å²) in [5.74, 6) is 0.151. The summed E-state index contributed by atoms with van der Waals surface area (Å²) in [5, 5.41) is 14.2. The number of halogens is 2. The minimum Gasteiger partial charge on any atom is -0.493 e. The number of nitrogens with zero attached hydrogens (tertiary/aromatic N) is 1. The van der Waals surface area contributed by atoms with Gasteiger partial charge in [0, 0.05) is 25.6 Å². The number of aliphatic hydroxyl groups is 1. The SMILES string of the molecule is COc1cc(CNC[C@H](CN(C)C)[C@H](O)c2ccccc2)cc(OC)c1OC(F)F. The summed E-state index contributed by atoms with van der Waals surface area (Å²) in [6.07, 6.45) is -0.619. The first-order valence-corrected chi connectivity index (χ1v) is 9.63. The van der Waals surface area contributed by atoms with Gasteiger partial charge >= 0.3 is 6.61 Å². The average molecular weight is 424 g/mol. The van der Waals surface area contributed by atoms with E-state index in [0.29, 0.717) is 19.6 Å². The van der Waals surface area contributed by atoms with Crippen molar-refractivity contribution < 1.29 is 28.1 Å². The molecule has 0 heterocycles. The molecule has 2 aromatic carbocycles. The molecule has 2 N–H and O–H groups in total. The largest absolute Gasteiger partial charge is 0.493 e. The van der Waals surface area contributed by atoms with Crippen LogP contribution in [-0.2, 0) is 6.54 Å². The Morgan fingerprint density at radius 1 is 1.03 bits per heavy atom. The van der Waals surface area contributed by atoms with Crippen LogP contribution in [0.2, 0.25) is 0 Å². The van der Waals surface area contributed by atoms with Crippen molar-refractivity contribution in [3.63, 3.8) is 0 Å². The van der Waals surface area contributed by atoms with Crippen LogP contribution >= 0.6 is 0 Å². The molecule has 0 saturated carbocycles. The van der Waals surface area contributed by atoms with Crippen molar-refractivity contribution in [2.24, 2.45) is 5.92 Å². The Balaban J connectivity index is 2.10. The lowest BCUT2D eigenvalue weighted by Crippen LogP contribution is -2.34. The molecule has 0 aliphatic heterocycles. The fourth-order valence-corrected chi connectivity index (χ4v) is 3.31. The van der Waals surface area contributed by atoms with Gasteiger partial charge in [0.1, 0.15) is 0 Å². The molecule has 0 aromatic heterocycles. The number of nitrogens with one attached hydrogen (secondary N) is 1. The highest BCUT2D eigenvalue weighted by atomic mass is 19.3. The summed E-state index contributed by atoms with van der Waals surface area (Å²) in [6.45, 7) is -1.30. The second-order valence-electron chi connectivity index (χ2n) is 7.22. The summed E-state index contributed by atoms with van der Waals surface area (Å²) in [5.41, 5.74) is 1.64. The topological polar surface area (TPSA) is 63.2 Å². The van der Waals surface area contributed by atoms with Crippen molar-refractivity contribution >= 4 is 0 Å². The van der Waals surface area contributed by atoms with Gasteiger partial charge in [-0.05, 0) is 37.4 Å². The number of benzene rings is 2. The van der Waals surface area contributed by atoms with Crippen molar-refractivity contribution in [3.8, 4) is 17.2 Å². The van der Waals surface area contributed by atoms with Crippen molar-refractivity contribution in [1.29, 1.82) is 0 Å². The highest BCUT2D eigenvalue weighted by molar-refractivity contribution is 5.53. The molecule has 0 saturated heterocycles. The molecule has 8 heteroatoms. The molecule has 0 aliphatic rings. The molecular weight excluding hydrogens is 394 g/mol. The van der Waals surface area contributed by atoms with Gasteiger partial charge in [-0.3, -0.25) is 0 Å². The van der Waals surface area contributed by atoms with Crippen LogP contribution in [0.4, 0.5) is 8.78 Å². The fraction of sp³-hybridized carbons (Fsp3) is 0.455. The molecule has 0 spiro atoms. The predicted octanol–water partition coefficient (Wildman–Crippen LogP) is 3.31. The first-order chi connectivity index (χ1) is 14.3. The van der Waals surface area contributed by atoms with Crippen molar-refractivity contribution in [2.75, 3.05) is 41.4 Å². The zero-order chi connectivity index (χ0) is 22.1. The van der Waals surface area contributed by atoms with Crippen LogP contribution in [0.25, 0.3) is 0 Å². The second kappa shape index (κ2) is 11.7. The smallest absolute Gasteiger partial charge is 0.387 e. The molecule has 2 aromatic rings. The van der Waals surface area contributed by atoms with Crippen LogP contribution in [0.3, 0.4) is 0 Å². The van der Waals surface area contributed by atoms with Gasteiger partial charge in [-0.1, -0.05) is 30.3 Å². The van der Waals surface area contributed by atoms with Gasteiger partial charge in [-0.25, -0.2) is 0 Å². The Morgan fingerprint density at radius 2 is 1.63 bits per heavy atom. The Kier molecular flexibility index (Phi) is 9.29. The zero-order valence-electron chi connectivity index (χ0n) is 17.8. The maximum atomic E-state index is 12.7. The van der Waals surface area contributed by atoms with Gasteiger partial charge in [0.25, 0.3) is 0 Å². The molecule has 2 atom stereocenters. The van der Waals surface area contributed by atoms with E-state index < -0.39 is 12.7 Å². The molecule has 0 fully saturated rings. The van der Waals surface area contributed by atoms with E-state index in [1.165, 1.54) is 14.2 Å². The molecule has 0 aliphatic carbocycles. The van der Waals surface area contributed by atoms with Crippen LogP contribution in [-0.4, -0.2) is 58.0 Å². The minimum absolute atomic E-state index is 0.0485.